The van der Waals surface area contributed by atoms with E-state index in [9.17, 15) is 9.59 Å². The monoisotopic (exact) mass is 319 g/mol. The van der Waals surface area contributed by atoms with Gasteiger partial charge in [0.05, 0.1) is 23.5 Å². The number of carboxylic acid groups (broad SMARTS) is 1. The molecule has 0 spiro atoms. The predicted molar refractivity (Wildman–Crippen MR) is 83.0 cm³/mol. The van der Waals surface area contributed by atoms with Crippen LogP contribution in [0, 0.1) is 6.92 Å². The molecule has 1 atom stereocenters. The molecule has 2 aromatic heterocycles. The van der Waals surface area contributed by atoms with Crippen LogP contribution < -0.4 is 5.32 Å². The number of carbonyl (C=O) groups is 2. The zero-order valence-corrected chi connectivity index (χ0v) is 13.5. The van der Waals surface area contributed by atoms with Crippen LogP contribution in [-0.2, 0) is 17.9 Å². The average molecular weight is 319 g/mol. The molecule has 1 unspecified atom stereocenters. The Morgan fingerprint density at radius 1 is 1.35 bits per heavy atom. The molecule has 0 aliphatic carbocycles. The Bertz CT molecular complexity index is 704. The summed E-state index contributed by atoms with van der Waals surface area (Å²) in [5.41, 5.74) is 2.01. The van der Waals surface area contributed by atoms with Crippen LogP contribution in [-0.4, -0.2) is 36.5 Å². The largest absolute Gasteiger partial charge is 0.478 e. The number of nitrogens with one attached hydrogen (secondary N) is 1. The fourth-order valence-electron chi connectivity index (χ4n) is 2.32. The van der Waals surface area contributed by atoms with Crippen LogP contribution in [0.1, 0.15) is 47.9 Å². The van der Waals surface area contributed by atoms with E-state index in [1.54, 1.807) is 0 Å². The number of carboxylic acids is 1. The molecule has 0 saturated carbocycles. The molecule has 2 rings (SSSR count). The van der Waals surface area contributed by atoms with E-state index < -0.39 is 5.97 Å². The van der Waals surface area contributed by atoms with E-state index in [0.29, 0.717) is 6.54 Å². The van der Waals surface area contributed by atoms with Crippen molar-refractivity contribution in [2.45, 2.75) is 46.3 Å². The third kappa shape index (κ3) is 4.18. The molecule has 0 saturated heterocycles. The maximum atomic E-state index is 12.0. The lowest BCUT2D eigenvalue weighted by atomic mass is 10.1. The summed E-state index contributed by atoms with van der Waals surface area (Å²) < 4.78 is 3.29. The van der Waals surface area contributed by atoms with Crippen LogP contribution in [0.15, 0.2) is 18.6 Å². The lowest BCUT2D eigenvalue weighted by Crippen LogP contribution is -2.27. The normalized spacial score (nSPS) is 12.1. The van der Waals surface area contributed by atoms with E-state index in [-0.39, 0.29) is 23.9 Å². The smallest absolute Gasteiger partial charge is 0.338 e. The van der Waals surface area contributed by atoms with Crippen molar-refractivity contribution in [3.63, 3.8) is 0 Å². The minimum atomic E-state index is -1.03. The van der Waals surface area contributed by atoms with Gasteiger partial charge in [-0.25, -0.2) is 4.79 Å². The zero-order valence-electron chi connectivity index (χ0n) is 13.5. The molecule has 23 heavy (non-hydrogen) atoms. The molecule has 0 aliphatic heterocycles. The number of amides is 1. The maximum Gasteiger partial charge on any atom is 0.338 e. The first-order chi connectivity index (χ1) is 10.9. The predicted octanol–water partition coefficient (Wildman–Crippen LogP) is 1.37. The van der Waals surface area contributed by atoms with Gasteiger partial charge in [0.1, 0.15) is 0 Å². The van der Waals surface area contributed by atoms with Crippen LogP contribution in [0.3, 0.4) is 0 Å². The Hall–Kier alpha value is -2.64. The second-order valence-electron chi connectivity index (χ2n) is 5.36. The molecule has 0 aromatic carbocycles. The number of aromatic carboxylic acids is 1. The van der Waals surface area contributed by atoms with Crippen molar-refractivity contribution < 1.29 is 14.7 Å². The minimum absolute atomic E-state index is 0.112. The highest BCUT2D eigenvalue weighted by Crippen LogP contribution is 2.16. The summed E-state index contributed by atoms with van der Waals surface area (Å²) in [5, 5.41) is 20.0. The molecule has 0 fully saturated rings. The van der Waals surface area contributed by atoms with E-state index in [1.807, 2.05) is 31.6 Å². The van der Waals surface area contributed by atoms with Gasteiger partial charge >= 0.3 is 5.97 Å². The second-order valence-corrected chi connectivity index (χ2v) is 5.36. The summed E-state index contributed by atoms with van der Waals surface area (Å²) in [4.78, 5) is 22.8. The van der Waals surface area contributed by atoms with Gasteiger partial charge in [-0.15, -0.1) is 0 Å². The van der Waals surface area contributed by atoms with E-state index >= 15 is 0 Å². The zero-order chi connectivity index (χ0) is 17.0. The summed E-state index contributed by atoms with van der Waals surface area (Å²) >= 11 is 0. The molecule has 2 aromatic rings. The highest BCUT2D eigenvalue weighted by Gasteiger charge is 2.15. The number of hydrogen-bond donors (Lipinski definition) is 2. The Kier molecular flexibility index (Phi) is 5.15. The molecular weight excluding hydrogens is 298 g/mol. The van der Waals surface area contributed by atoms with Gasteiger partial charge in [0.2, 0.25) is 5.91 Å². The molecule has 8 heteroatoms. The van der Waals surface area contributed by atoms with Crippen molar-refractivity contribution in [1.82, 2.24) is 24.9 Å². The van der Waals surface area contributed by atoms with Crippen molar-refractivity contribution in [2.75, 3.05) is 0 Å². The van der Waals surface area contributed by atoms with Gasteiger partial charge in [0.25, 0.3) is 0 Å². The molecule has 8 nitrogen and oxygen atoms in total. The van der Waals surface area contributed by atoms with Gasteiger partial charge in [-0.2, -0.15) is 10.2 Å². The number of rotatable bonds is 7. The van der Waals surface area contributed by atoms with Crippen LogP contribution in [0.4, 0.5) is 0 Å². The minimum Gasteiger partial charge on any atom is -0.478 e. The summed E-state index contributed by atoms with van der Waals surface area (Å²) in [6.07, 6.45) is 4.85. The van der Waals surface area contributed by atoms with Crippen LogP contribution in [0.2, 0.25) is 0 Å². The van der Waals surface area contributed by atoms with Crippen LogP contribution in [0.5, 0.6) is 0 Å². The summed E-state index contributed by atoms with van der Waals surface area (Å²) in [6, 6.07) is -0.130. The van der Waals surface area contributed by atoms with Crippen molar-refractivity contribution in [1.29, 1.82) is 0 Å². The van der Waals surface area contributed by atoms with Gasteiger partial charge < -0.3 is 10.4 Å². The van der Waals surface area contributed by atoms with Crippen molar-refractivity contribution in [3.8, 4) is 0 Å². The van der Waals surface area contributed by atoms with Crippen LogP contribution >= 0.6 is 0 Å². The third-order valence-corrected chi connectivity index (χ3v) is 3.60. The van der Waals surface area contributed by atoms with E-state index in [0.717, 1.165) is 17.8 Å². The first-order valence-electron chi connectivity index (χ1n) is 7.49. The van der Waals surface area contributed by atoms with Crippen molar-refractivity contribution in [2.24, 2.45) is 0 Å². The van der Waals surface area contributed by atoms with E-state index in [4.69, 9.17) is 5.11 Å². The lowest BCUT2D eigenvalue weighted by molar-refractivity contribution is -0.122. The number of aromatic nitrogens is 4. The molecule has 2 heterocycles. The Morgan fingerprint density at radius 2 is 2.09 bits per heavy atom. The number of aryl methyl sites for hydroxylation is 3. The fraction of sp³-hybridized carbons (Fsp3) is 0.467. The van der Waals surface area contributed by atoms with Gasteiger partial charge in [-0.05, 0) is 20.8 Å². The van der Waals surface area contributed by atoms with Crippen molar-refractivity contribution in [3.05, 3.63) is 35.4 Å². The first kappa shape index (κ1) is 16.7. The van der Waals surface area contributed by atoms with E-state index in [2.05, 4.69) is 15.5 Å². The topological polar surface area (TPSA) is 102 Å². The molecular formula is C15H21N5O3. The summed E-state index contributed by atoms with van der Waals surface area (Å²) in [5.74, 6) is -1.15. The van der Waals surface area contributed by atoms with Crippen molar-refractivity contribution >= 4 is 11.9 Å². The average Bonchev–Trinajstić information content (AvgIpc) is 3.11. The number of carbonyl (C=O) groups excluding carboxylic acids is 1. The Balaban J connectivity index is 1.88. The quantitative estimate of drug-likeness (QED) is 0.802. The first-order valence-corrected chi connectivity index (χ1v) is 7.49. The third-order valence-electron chi connectivity index (χ3n) is 3.60. The standard InChI is InChI=1S/C15H21N5O3/c1-4-19-9-13(11(3)18-19)10(2)17-14(21)5-6-20-8-12(7-16-20)15(22)23/h7-10H,4-6H2,1-3H3,(H,17,21)(H,22,23). The molecule has 1 amide bonds. The lowest BCUT2D eigenvalue weighted by Gasteiger charge is -2.13. The Morgan fingerprint density at radius 3 is 2.65 bits per heavy atom. The number of nitrogens with zero attached hydrogens (tertiary/aromatic N) is 4. The second kappa shape index (κ2) is 7.08. The highest BCUT2D eigenvalue weighted by atomic mass is 16.4. The van der Waals surface area contributed by atoms with Gasteiger partial charge in [0.15, 0.2) is 0 Å². The fourth-order valence-corrected chi connectivity index (χ4v) is 2.32. The van der Waals surface area contributed by atoms with E-state index in [1.165, 1.54) is 17.1 Å². The molecule has 0 radical (unpaired) electrons. The van der Waals surface area contributed by atoms with Crippen LogP contribution in [0.25, 0.3) is 0 Å². The summed E-state index contributed by atoms with van der Waals surface area (Å²) in [7, 11) is 0. The maximum absolute atomic E-state index is 12.0. The van der Waals surface area contributed by atoms with Gasteiger partial charge in [0, 0.05) is 37.5 Å². The Labute approximate surface area is 134 Å². The molecule has 2 N–H and O–H groups in total. The molecule has 0 bridgehead atoms. The summed E-state index contributed by atoms with van der Waals surface area (Å²) in [6.45, 7) is 6.96. The SMILES string of the molecule is CCn1cc(C(C)NC(=O)CCn2cc(C(=O)O)cn2)c(C)n1. The highest BCUT2D eigenvalue weighted by molar-refractivity contribution is 5.86. The van der Waals surface area contributed by atoms with Gasteiger partial charge in [-0.1, -0.05) is 0 Å². The van der Waals surface area contributed by atoms with Gasteiger partial charge in [-0.3, -0.25) is 14.2 Å². The molecule has 0 aliphatic rings. The molecule has 124 valence electrons. The number of hydrogen-bond acceptors (Lipinski definition) is 4.